The summed E-state index contributed by atoms with van der Waals surface area (Å²) in [6.45, 7) is 9.23. The molecule has 6 nitrogen and oxygen atoms in total. The molecule has 2 saturated heterocycles. The van der Waals surface area contributed by atoms with Crippen molar-refractivity contribution < 1.29 is 9.59 Å². The first-order chi connectivity index (χ1) is 11.2. The van der Waals surface area contributed by atoms with Gasteiger partial charge >= 0.3 is 0 Å². The van der Waals surface area contributed by atoms with Crippen molar-refractivity contribution in [2.75, 3.05) is 52.4 Å². The molecule has 0 saturated carbocycles. The number of likely N-dealkylation sites (tertiary alicyclic amines) is 1. The highest BCUT2D eigenvalue weighted by molar-refractivity contribution is 5.85. The third-order valence-electron chi connectivity index (χ3n) is 4.78. The van der Waals surface area contributed by atoms with E-state index in [1.54, 1.807) is 0 Å². The van der Waals surface area contributed by atoms with Crippen molar-refractivity contribution in [1.82, 2.24) is 20.4 Å². The van der Waals surface area contributed by atoms with Gasteiger partial charge in [0.2, 0.25) is 11.8 Å². The van der Waals surface area contributed by atoms with Crippen LogP contribution in [0.1, 0.15) is 39.0 Å². The van der Waals surface area contributed by atoms with E-state index in [9.17, 15) is 9.59 Å². The van der Waals surface area contributed by atoms with Gasteiger partial charge in [0.15, 0.2) is 0 Å². The molecule has 24 heavy (non-hydrogen) atoms. The summed E-state index contributed by atoms with van der Waals surface area (Å²) in [5.41, 5.74) is 0. The first-order valence-corrected chi connectivity index (χ1v) is 9.16. The normalized spacial score (nSPS) is 21.9. The number of piperazine rings is 1. The summed E-state index contributed by atoms with van der Waals surface area (Å²) in [6.07, 6.45) is 4.48. The number of nitrogens with one attached hydrogen (secondary N) is 2. The second kappa shape index (κ2) is 11.7. The van der Waals surface area contributed by atoms with Gasteiger partial charge in [-0.15, -0.1) is 12.4 Å². The number of nitrogens with zero attached hydrogens (tertiary/aromatic N) is 2. The number of halogens is 1. The average molecular weight is 361 g/mol. The summed E-state index contributed by atoms with van der Waals surface area (Å²) < 4.78 is 0. The van der Waals surface area contributed by atoms with E-state index in [2.05, 4.69) is 15.5 Å². The second-order valence-corrected chi connectivity index (χ2v) is 6.74. The maximum Gasteiger partial charge on any atom is 0.223 e. The van der Waals surface area contributed by atoms with Crippen LogP contribution in [-0.2, 0) is 9.59 Å². The van der Waals surface area contributed by atoms with Gasteiger partial charge in [0.05, 0.1) is 0 Å². The molecular formula is C17H33ClN4O2. The molecule has 2 rings (SSSR count). The number of rotatable bonds is 7. The molecule has 0 aliphatic carbocycles. The van der Waals surface area contributed by atoms with Gasteiger partial charge in [0.25, 0.3) is 0 Å². The van der Waals surface area contributed by atoms with Gasteiger partial charge in [-0.3, -0.25) is 9.59 Å². The maximum absolute atomic E-state index is 12.2. The van der Waals surface area contributed by atoms with Crippen molar-refractivity contribution in [1.29, 1.82) is 0 Å². The minimum Gasteiger partial charge on any atom is -0.356 e. The summed E-state index contributed by atoms with van der Waals surface area (Å²) in [6, 6.07) is 0. The lowest BCUT2D eigenvalue weighted by molar-refractivity contribution is -0.132. The first-order valence-electron chi connectivity index (χ1n) is 9.16. The molecule has 0 bridgehead atoms. The zero-order chi connectivity index (χ0) is 16.5. The van der Waals surface area contributed by atoms with E-state index in [1.165, 1.54) is 6.42 Å². The Kier molecular flexibility index (Phi) is 10.3. The number of piperidine rings is 1. The lowest BCUT2D eigenvalue weighted by Crippen LogP contribution is -2.47. The molecule has 2 fully saturated rings. The second-order valence-electron chi connectivity index (χ2n) is 6.74. The lowest BCUT2D eigenvalue weighted by Gasteiger charge is -2.33. The first kappa shape index (κ1) is 21.2. The van der Waals surface area contributed by atoms with E-state index in [0.717, 1.165) is 65.2 Å². The van der Waals surface area contributed by atoms with Gasteiger partial charge in [-0.05, 0) is 31.7 Å². The van der Waals surface area contributed by atoms with Gasteiger partial charge in [-0.25, -0.2) is 0 Å². The van der Waals surface area contributed by atoms with Gasteiger partial charge in [-0.2, -0.15) is 0 Å². The van der Waals surface area contributed by atoms with Crippen molar-refractivity contribution in [2.24, 2.45) is 5.92 Å². The average Bonchev–Trinajstić information content (AvgIpc) is 2.59. The van der Waals surface area contributed by atoms with Gasteiger partial charge in [-0.1, -0.05) is 6.92 Å². The molecule has 0 aromatic heterocycles. The number of carbonyl (C=O) groups excluding carboxylic acids is 2. The molecule has 2 heterocycles. The predicted octanol–water partition coefficient (Wildman–Crippen LogP) is 0.858. The minimum atomic E-state index is 0. The molecule has 2 aliphatic rings. The molecule has 0 radical (unpaired) electrons. The molecule has 1 atom stereocenters. The summed E-state index contributed by atoms with van der Waals surface area (Å²) in [5, 5.41) is 6.32. The molecular weight excluding hydrogens is 328 g/mol. The Labute approximate surface area is 152 Å². The SMILES string of the molecule is CCCC(=O)NCC1CCCN(CCC(=O)N2CCNCC2)C1.Cl. The van der Waals surface area contributed by atoms with Gasteiger partial charge in [0, 0.05) is 58.7 Å². The standard InChI is InChI=1S/C17H32N4O2.ClH/c1-2-4-16(22)19-13-15-5-3-9-20(14-15)10-6-17(23)21-11-7-18-8-12-21;/h15,18H,2-14H2,1H3,(H,19,22);1H. The molecule has 140 valence electrons. The van der Waals surface area contributed by atoms with Crippen LogP contribution in [0, 0.1) is 5.92 Å². The molecule has 0 aromatic rings. The molecule has 0 aromatic carbocycles. The summed E-state index contributed by atoms with van der Waals surface area (Å²) in [5.74, 6) is 0.974. The highest BCUT2D eigenvalue weighted by Gasteiger charge is 2.22. The Morgan fingerprint density at radius 1 is 1.17 bits per heavy atom. The fraction of sp³-hybridized carbons (Fsp3) is 0.882. The monoisotopic (exact) mass is 360 g/mol. The van der Waals surface area contributed by atoms with E-state index < -0.39 is 0 Å². The zero-order valence-electron chi connectivity index (χ0n) is 14.9. The number of amides is 2. The quantitative estimate of drug-likeness (QED) is 0.706. The Balaban J connectivity index is 0.00000288. The van der Waals surface area contributed by atoms with Crippen LogP contribution < -0.4 is 10.6 Å². The smallest absolute Gasteiger partial charge is 0.223 e. The Bertz CT molecular complexity index is 389. The Morgan fingerprint density at radius 3 is 2.62 bits per heavy atom. The molecule has 2 N–H and O–H groups in total. The van der Waals surface area contributed by atoms with Crippen LogP contribution in [0.4, 0.5) is 0 Å². The summed E-state index contributed by atoms with van der Waals surface area (Å²) in [7, 11) is 0. The van der Waals surface area contributed by atoms with Gasteiger partial charge < -0.3 is 20.4 Å². The Hall–Kier alpha value is -0.850. The van der Waals surface area contributed by atoms with E-state index in [4.69, 9.17) is 0 Å². The predicted molar refractivity (Wildman–Crippen MR) is 98.4 cm³/mol. The number of hydrogen-bond donors (Lipinski definition) is 2. The van der Waals surface area contributed by atoms with Crippen LogP contribution in [0.3, 0.4) is 0 Å². The van der Waals surface area contributed by atoms with Crippen molar-refractivity contribution in [3.63, 3.8) is 0 Å². The van der Waals surface area contributed by atoms with Crippen molar-refractivity contribution >= 4 is 24.2 Å². The third kappa shape index (κ3) is 7.36. The van der Waals surface area contributed by atoms with Crippen molar-refractivity contribution in [3.8, 4) is 0 Å². The molecule has 7 heteroatoms. The topological polar surface area (TPSA) is 64.7 Å². The van der Waals surface area contributed by atoms with E-state index >= 15 is 0 Å². The molecule has 2 aliphatic heterocycles. The molecule has 2 amide bonds. The molecule has 0 spiro atoms. The molecule has 1 unspecified atom stereocenters. The Morgan fingerprint density at radius 2 is 1.92 bits per heavy atom. The van der Waals surface area contributed by atoms with Crippen molar-refractivity contribution in [2.45, 2.75) is 39.0 Å². The fourth-order valence-corrected chi connectivity index (χ4v) is 3.42. The van der Waals surface area contributed by atoms with Crippen LogP contribution in [-0.4, -0.2) is 74.0 Å². The summed E-state index contributed by atoms with van der Waals surface area (Å²) in [4.78, 5) is 28.2. The van der Waals surface area contributed by atoms with Gasteiger partial charge in [0.1, 0.15) is 0 Å². The lowest BCUT2D eigenvalue weighted by atomic mass is 9.97. The van der Waals surface area contributed by atoms with E-state index in [-0.39, 0.29) is 24.2 Å². The van der Waals surface area contributed by atoms with E-state index in [0.29, 0.717) is 18.8 Å². The highest BCUT2D eigenvalue weighted by Crippen LogP contribution is 2.16. The number of carbonyl (C=O) groups is 2. The number of hydrogen-bond acceptors (Lipinski definition) is 4. The van der Waals surface area contributed by atoms with Crippen molar-refractivity contribution in [3.05, 3.63) is 0 Å². The zero-order valence-corrected chi connectivity index (χ0v) is 15.7. The van der Waals surface area contributed by atoms with Crippen LogP contribution in [0.15, 0.2) is 0 Å². The largest absolute Gasteiger partial charge is 0.356 e. The maximum atomic E-state index is 12.2. The van der Waals surface area contributed by atoms with E-state index in [1.807, 2.05) is 11.8 Å². The van der Waals surface area contributed by atoms with Crippen LogP contribution >= 0.6 is 12.4 Å². The fourth-order valence-electron chi connectivity index (χ4n) is 3.42. The van der Waals surface area contributed by atoms with Crippen LogP contribution in [0.5, 0.6) is 0 Å². The third-order valence-corrected chi connectivity index (χ3v) is 4.78. The van der Waals surface area contributed by atoms with Crippen LogP contribution in [0.2, 0.25) is 0 Å². The summed E-state index contributed by atoms with van der Waals surface area (Å²) >= 11 is 0. The minimum absolute atomic E-state index is 0. The van der Waals surface area contributed by atoms with Crippen LogP contribution in [0.25, 0.3) is 0 Å². The highest BCUT2D eigenvalue weighted by atomic mass is 35.5.